The van der Waals surface area contributed by atoms with Crippen molar-refractivity contribution in [1.82, 2.24) is 14.9 Å². The highest BCUT2D eigenvalue weighted by Gasteiger charge is 2.11. The van der Waals surface area contributed by atoms with Gasteiger partial charge in [0, 0.05) is 17.9 Å². The molecule has 90 valence electrons. The van der Waals surface area contributed by atoms with Crippen LogP contribution in [-0.2, 0) is 0 Å². The zero-order valence-corrected chi connectivity index (χ0v) is 10.1. The highest BCUT2D eigenvalue weighted by Crippen LogP contribution is 2.21. The van der Waals surface area contributed by atoms with Crippen LogP contribution in [0, 0.1) is 0 Å². The third kappa shape index (κ3) is 2.78. The smallest absolute Gasteiger partial charge is 0.210 e. The fraction of sp³-hybridized carbons (Fsp3) is 0.273. The Hall–Kier alpha value is -1.53. The van der Waals surface area contributed by atoms with Crippen LogP contribution in [0.1, 0.15) is 6.42 Å². The van der Waals surface area contributed by atoms with E-state index in [-0.39, 0.29) is 6.61 Å². The second kappa shape index (κ2) is 5.70. The summed E-state index contributed by atoms with van der Waals surface area (Å²) in [4.78, 5) is 0. The molecular weight excluding hydrogens is 236 g/mol. The third-order valence-corrected chi connectivity index (χ3v) is 3.26. The standard InChI is InChI=1S/C11H14N4OS/c12-15-10(9-5-2-1-3-6-9)13-14-11(15)17-8-4-7-16/h1-3,5-6,16H,4,7-8,12H2. The molecule has 0 atom stereocenters. The van der Waals surface area contributed by atoms with Crippen molar-refractivity contribution >= 4 is 11.8 Å². The number of hydrogen-bond donors (Lipinski definition) is 2. The molecule has 0 aliphatic rings. The molecule has 3 N–H and O–H groups in total. The van der Waals surface area contributed by atoms with E-state index in [1.165, 1.54) is 16.4 Å². The van der Waals surface area contributed by atoms with Crippen LogP contribution in [0.4, 0.5) is 0 Å². The molecule has 0 saturated carbocycles. The number of aromatic nitrogens is 3. The summed E-state index contributed by atoms with van der Waals surface area (Å²) >= 11 is 1.49. The fourth-order valence-electron chi connectivity index (χ4n) is 1.39. The molecule has 0 aliphatic carbocycles. The topological polar surface area (TPSA) is 77.0 Å². The Balaban J connectivity index is 2.15. The molecule has 17 heavy (non-hydrogen) atoms. The van der Waals surface area contributed by atoms with Gasteiger partial charge in [0.1, 0.15) is 0 Å². The Morgan fingerprint density at radius 2 is 2.00 bits per heavy atom. The van der Waals surface area contributed by atoms with Gasteiger partial charge in [-0.25, -0.2) is 4.68 Å². The van der Waals surface area contributed by atoms with Crippen molar-refractivity contribution in [2.75, 3.05) is 18.2 Å². The SMILES string of the molecule is Nn1c(SCCCO)nnc1-c1ccccc1. The third-order valence-electron chi connectivity index (χ3n) is 2.23. The van der Waals surface area contributed by atoms with Crippen LogP contribution < -0.4 is 5.84 Å². The molecule has 1 aromatic carbocycles. The van der Waals surface area contributed by atoms with Crippen LogP contribution in [0.15, 0.2) is 35.5 Å². The summed E-state index contributed by atoms with van der Waals surface area (Å²) in [6.07, 6.45) is 0.720. The molecule has 0 saturated heterocycles. The lowest BCUT2D eigenvalue weighted by molar-refractivity contribution is 0.296. The summed E-state index contributed by atoms with van der Waals surface area (Å²) in [7, 11) is 0. The van der Waals surface area contributed by atoms with Gasteiger partial charge in [-0.3, -0.25) is 0 Å². The van der Waals surface area contributed by atoms with Gasteiger partial charge >= 0.3 is 0 Å². The summed E-state index contributed by atoms with van der Waals surface area (Å²) in [5.74, 6) is 7.35. The minimum atomic E-state index is 0.178. The maximum absolute atomic E-state index is 8.71. The predicted molar refractivity (Wildman–Crippen MR) is 68.0 cm³/mol. The van der Waals surface area contributed by atoms with E-state index < -0.39 is 0 Å². The van der Waals surface area contributed by atoms with E-state index in [0.29, 0.717) is 11.0 Å². The first kappa shape index (κ1) is 11.9. The van der Waals surface area contributed by atoms with Gasteiger partial charge in [-0.15, -0.1) is 10.2 Å². The van der Waals surface area contributed by atoms with Crippen LogP contribution in [-0.4, -0.2) is 32.3 Å². The molecule has 0 unspecified atom stereocenters. The maximum atomic E-state index is 8.71. The summed E-state index contributed by atoms with van der Waals surface area (Å²) in [6.45, 7) is 0.178. The van der Waals surface area contributed by atoms with Crippen LogP contribution in [0.2, 0.25) is 0 Å². The summed E-state index contributed by atoms with van der Waals surface area (Å²) < 4.78 is 1.48. The van der Waals surface area contributed by atoms with E-state index in [0.717, 1.165) is 17.7 Å². The number of thioether (sulfide) groups is 1. The molecule has 0 radical (unpaired) electrons. The Kier molecular flexibility index (Phi) is 4.00. The van der Waals surface area contributed by atoms with Gasteiger partial charge in [0.05, 0.1) is 0 Å². The first-order chi connectivity index (χ1) is 8.33. The van der Waals surface area contributed by atoms with Crippen LogP contribution in [0.5, 0.6) is 0 Å². The van der Waals surface area contributed by atoms with Crippen LogP contribution >= 0.6 is 11.8 Å². The lowest BCUT2D eigenvalue weighted by Crippen LogP contribution is -2.11. The van der Waals surface area contributed by atoms with Crippen molar-refractivity contribution in [1.29, 1.82) is 0 Å². The zero-order valence-electron chi connectivity index (χ0n) is 9.28. The van der Waals surface area contributed by atoms with E-state index in [2.05, 4.69) is 10.2 Å². The average molecular weight is 250 g/mol. The van der Waals surface area contributed by atoms with Crippen LogP contribution in [0.25, 0.3) is 11.4 Å². The predicted octanol–water partition coefficient (Wildman–Crippen LogP) is 1.13. The molecule has 0 bridgehead atoms. The van der Waals surface area contributed by atoms with Gasteiger partial charge < -0.3 is 10.9 Å². The van der Waals surface area contributed by atoms with Crippen LogP contribution in [0.3, 0.4) is 0 Å². The van der Waals surface area contributed by atoms with E-state index in [1.54, 1.807) is 0 Å². The molecule has 2 aromatic rings. The summed E-state index contributed by atoms with van der Waals surface area (Å²) in [5, 5.41) is 17.5. The monoisotopic (exact) mass is 250 g/mol. The Bertz CT molecular complexity index is 472. The van der Waals surface area contributed by atoms with Crippen molar-refractivity contribution < 1.29 is 5.11 Å². The Morgan fingerprint density at radius 3 is 2.71 bits per heavy atom. The molecule has 0 aliphatic heterocycles. The fourth-order valence-corrected chi connectivity index (χ4v) is 2.17. The molecule has 1 heterocycles. The van der Waals surface area contributed by atoms with Gasteiger partial charge in [-0.1, -0.05) is 42.1 Å². The molecule has 0 amide bonds. The molecule has 5 nitrogen and oxygen atoms in total. The maximum Gasteiger partial charge on any atom is 0.210 e. The van der Waals surface area contributed by atoms with E-state index >= 15 is 0 Å². The number of hydrogen-bond acceptors (Lipinski definition) is 5. The van der Waals surface area contributed by atoms with Gasteiger partial charge in [0.2, 0.25) is 5.16 Å². The Morgan fingerprint density at radius 1 is 1.24 bits per heavy atom. The van der Waals surface area contributed by atoms with E-state index in [4.69, 9.17) is 10.9 Å². The lowest BCUT2D eigenvalue weighted by Gasteiger charge is -2.02. The van der Waals surface area contributed by atoms with E-state index in [9.17, 15) is 0 Å². The minimum Gasteiger partial charge on any atom is -0.396 e. The zero-order chi connectivity index (χ0) is 12.1. The highest BCUT2D eigenvalue weighted by molar-refractivity contribution is 7.99. The van der Waals surface area contributed by atoms with Crippen molar-refractivity contribution in [3.05, 3.63) is 30.3 Å². The Labute approximate surface area is 104 Å². The van der Waals surface area contributed by atoms with E-state index in [1.807, 2.05) is 30.3 Å². The first-order valence-electron chi connectivity index (χ1n) is 5.32. The highest BCUT2D eigenvalue weighted by atomic mass is 32.2. The molecule has 1 aromatic heterocycles. The second-order valence-electron chi connectivity index (χ2n) is 3.47. The first-order valence-corrected chi connectivity index (χ1v) is 6.31. The minimum absolute atomic E-state index is 0.178. The summed E-state index contributed by atoms with van der Waals surface area (Å²) in [5.41, 5.74) is 0.941. The number of rotatable bonds is 5. The quantitative estimate of drug-likeness (QED) is 0.472. The molecular formula is C11H14N4OS. The van der Waals surface area contributed by atoms with Crippen molar-refractivity contribution in [2.45, 2.75) is 11.6 Å². The van der Waals surface area contributed by atoms with Gasteiger partial charge in [0.15, 0.2) is 5.82 Å². The van der Waals surface area contributed by atoms with Crippen molar-refractivity contribution in [3.63, 3.8) is 0 Å². The normalized spacial score (nSPS) is 10.6. The average Bonchev–Trinajstić information content (AvgIpc) is 2.73. The number of nitrogen functional groups attached to an aromatic ring is 1. The van der Waals surface area contributed by atoms with Gasteiger partial charge in [0.25, 0.3) is 0 Å². The molecule has 0 spiro atoms. The van der Waals surface area contributed by atoms with Crippen molar-refractivity contribution in [2.24, 2.45) is 0 Å². The van der Waals surface area contributed by atoms with Gasteiger partial charge in [-0.2, -0.15) is 0 Å². The number of aliphatic hydroxyl groups is 1. The second-order valence-corrected chi connectivity index (χ2v) is 4.53. The summed E-state index contributed by atoms with van der Waals surface area (Å²) in [6, 6.07) is 9.69. The molecule has 6 heteroatoms. The number of nitrogens with two attached hydrogens (primary N) is 1. The van der Waals surface area contributed by atoms with Crippen molar-refractivity contribution in [3.8, 4) is 11.4 Å². The molecule has 2 rings (SSSR count). The number of benzene rings is 1. The van der Waals surface area contributed by atoms with Gasteiger partial charge in [-0.05, 0) is 6.42 Å². The number of aliphatic hydroxyl groups excluding tert-OH is 1. The lowest BCUT2D eigenvalue weighted by atomic mass is 10.2. The number of nitrogens with zero attached hydrogens (tertiary/aromatic N) is 3. The largest absolute Gasteiger partial charge is 0.396 e. The molecule has 0 fully saturated rings.